The number of rotatable bonds is 10. The quantitative estimate of drug-likeness (QED) is 0.287. The fraction of sp³-hybridized carbons (Fsp3) is 0.350. The molecule has 0 aliphatic carbocycles. The highest BCUT2D eigenvalue weighted by Gasteiger charge is 2.15. The lowest BCUT2D eigenvalue weighted by Gasteiger charge is -2.23. The van der Waals surface area contributed by atoms with E-state index in [-0.39, 0.29) is 16.8 Å². The molecule has 0 aliphatic heterocycles. The zero-order valence-electron chi connectivity index (χ0n) is 15.6. The first-order valence-electron chi connectivity index (χ1n) is 9.00. The zero-order chi connectivity index (χ0) is 19.6. The summed E-state index contributed by atoms with van der Waals surface area (Å²) in [4.78, 5) is 25.6. The molecule has 0 bridgehead atoms. The average Bonchev–Trinajstić information content (AvgIpc) is 2.69. The number of thioether (sulfide) groups is 1. The van der Waals surface area contributed by atoms with Crippen molar-refractivity contribution >= 4 is 29.0 Å². The van der Waals surface area contributed by atoms with E-state index in [0.717, 1.165) is 24.4 Å². The maximum atomic E-state index is 12.3. The number of nitro groups is 1. The molecule has 0 radical (unpaired) electrons. The van der Waals surface area contributed by atoms with Crippen LogP contribution in [-0.2, 0) is 4.79 Å². The van der Waals surface area contributed by atoms with Crippen molar-refractivity contribution in [2.75, 3.05) is 24.5 Å². The minimum atomic E-state index is -0.431. The number of nitrogens with one attached hydrogen (secondary N) is 1. The van der Waals surface area contributed by atoms with Crippen LogP contribution in [0.4, 0.5) is 11.4 Å². The third-order valence-corrected chi connectivity index (χ3v) is 5.25. The van der Waals surface area contributed by atoms with Crippen LogP contribution in [0.15, 0.2) is 59.5 Å². The van der Waals surface area contributed by atoms with Crippen molar-refractivity contribution in [3.63, 3.8) is 0 Å². The van der Waals surface area contributed by atoms with Crippen LogP contribution < -0.4 is 10.2 Å². The van der Waals surface area contributed by atoms with Crippen LogP contribution in [0.2, 0.25) is 0 Å². The fourth-order valence-corrected chi connectivity index (χ4v) is 3.53. The first kappa shape index (κ1) is 20.8. The monoisotopic (exact) mass is 387 g/mol. The summed E-state index contributed by atoms with van der Waals surface area (Å²) >= 11 is 1.39. The molecule has 6 nitrogen and oxygen atoms in total. The molecule has 0 spiro atoms. The average molecular weight is 388 g/mol. The summed E-state index contributed by atoms with van der Waals surface area (Å²) in [6.07, 6.45) is 0.864. The molecule has 2 aromatic rings. The number of carbonyl (C=O) groups excluding carboxylic acids is 1. The van der Waals surface area contributed by atoms with E-state index in [1.165, 1.54) is 29.6 Å². The molecule has 1 amide bonds. The summed E-state index contributed by atoms with van der Waals surface area (Å²) in [5.41, 5.74) is 1.24. The lowest BCUT2D eigenvalue weighted by atomic mass is 10.2. The summed E-state index contributed by atoms with van der Waals surface area (Å²) < 4.78 is 0. The fourth-order valence-electron chi connectivity index (χ4n) is 2.64. The molecule has 7 heteroatoms. The number of nitro benzene ring substituents is 1. The molecule has 0 saturated carbocycles. The number of carbonyl (C=O) groups is 1. The van der Waals surface area contributed by atoms with Gasteiger partial charge < -0.3 is 10.2 Å². The molecule has 2 aromatic carbocycles. The Morgan fingerprint density at radius 2 is 1.85 bits per heavy atom. The molecule has 2 rings (SSSR count). The van der Waals surface area contributed by atoms with Gasteiger partial charge >= 0.3 is 0 Å². The van der Waals surface area contributed by atoms with Gasteiger partial charge in [0.05, 0.1) is 10.2 Å². The van der Waals surface area contributed by atoms with Crippen molar-refractivity contribution in [2.45, 2.75) is 30.4 Å². The summed E-state index contributed by atoms with van der Waals surface area (Å²) in [5.74, 6) is -0.0267. The number of non-ortho nitro benzene ring substituents is 1. The Hall–Kier alpha value is -2.54. The van der Waals surface area contributed by atoms with E-state index >= 15 is 0 Å². The van der Waals surface area contributed by atoms with E-state index in [1.54, 1.807) is 12.1 Å². The number of nitrogens with zero attached hydrogens (tertiary/aromatic N) is 2. The summed E-state index contributed by atoms with van der Waals surface area (Å²) in [6.45, 7) is 6.38. The predicted octanol–water partition coefficient (Wildman–Crippen LogP) is 4.11. The lowest BCUT2D eigenvalue weighted by Crippen LogP contribution is -2.34. The van der Waals surface area contributed by atoms with Gasteiger partial charge in [-0.05, 0) is 44.5 Å². The number of amides is 1. The molecule has 0 saturated heterocycles. The highest BCUT2D eigenvalue weighted by Crippen LogP contribution is 2.25. The van der Waals surface area contributed by atoms with Gasteiger partial charge in [-0.25, -0.2) is 0 Å². The minimum Gasteiger partial charge on any atom is -0.372 e. The Labute approximate surface area is 164 Å². The standard InChI is InChI=1S/C20H25N3O3S/c1-3-22(17-8-5-4-6-9-17)15-7-14-21-20(24)16(2)27-19-12-10-18(11-13-19)23(25)26/h4-6,8-13,16H,3,7,14-15H2,1-2H3,(H,21,24). The van der Waals surface area contributed by atoms with Gasteiger partial charge in [-0.2, -0.15) is 0 Å². The number of benzene rings is 2. The van der Waals surface area contributed by atoms with Gasteiger partial charge in [0.15, 0.2) is 0 Å². The van der Waals surface area contributed by atoms with Crippen molar-refractivity contribution in [1.29, 1.82) is 0 Å². The number of anilines is 1. The van der Waals surface area contributed by atoms with Gasteiger partial charge in [0.25, 0.3) is 5.69 Å². The number of para-hydroxylation sites is 1. The normalized spacial score (nSPS) is 11.6. The summed E-state index contributed by atoms with van der Waals surface area (Å²) in [6, 6.07) is 16.5. The molecular weight excluding hydrogens is 362 g/mol. The first-order valence-corrected chi connectivity index (χ1v) is 9.88. The third kappa shape index (κ3) is 6.60. The van der Waals surface area contributed by atoms with Crippen LogP contribution in [0.3, 0.4) is 0 Å². The lowest BCUT2D eigenvalue weighted by molar-refractivity contribution is -0.384. The van der Waals surface area contributed by atoms with Gasteiger partial charge in [0.2, 0.25) is 5.91 Å². The predicted molar refractivity (Wildman–Crippen MR) is 110 cm³/mol. The van der Waals surface area contributed by atoms with Crippen LogP contribution in [-0.4, -0.2) is 35.7 Å². The molecule has 0 aromatic heterocycles. The maximum absolute atomic E-state index is 12.3. The third-order valence-electron chi connectivity index (χ3n) is 4.14. The zero-order valence-corrected chi connectivity index (χ0v) is 16.4. The van der Waals surface area contributed by atoms with Crippen LogP contribution >= 0.6 is 11.8 Å². The smallest absolute Gasteiger partial charge is 0.269 e. The van der Waals surface area contributed by atoms with Gasteiger partial charge in [0.1, 0.15) is 0 Å². The molecular formula is C20H25N3O3S. The molecule has 144 valence electrons. The topological polar surface area (TPSA) is 75.5 Å². The van der Waals surface area contributed by atoms with E-state index in [0.29, 0.717) is 6.54 Å². The Kier molecular flexibility index (Phi) is 8.13. The molecule has 27 heavy (non-hydrogen) atoms. The number of hydrogen-bond donors (Lipinski definition) is 1. The molecule has 0 heterocycles. The molecule has 1 unspecified atom stereocenters. The van der Waals surface area contributed by atoms with E-state index < -0.39 is 4.92 Å². The number of hydrogen-bond acceptors (Lipinski definition) is 5. The SMILES string of the molecule is CCN(CCCNC(=O)C(C)Sc1ccc([N+](=O)[O-])cc1)c1ccccc1. The maximum Gasteiger partial charge on any atom is 0.269 e. The van der Waals surface area contributed by atoms with Gasteiger partial charge in [-0.1, -0.05) is 18.2 Å². The highest BCUT2D eigenvalue weighted by molar-refractivity contribution is 8.00. The van der Waals surface area contributed by atoms with Crippen LogP contribution in [0.5, 0.6) is 0 Å². The van der Waals surface area contributed by atoms with E-state index in [2.05, 4.69) is 29.3 Å². The van der Waals surface area contributed by atoms with E-state index in [1.807, 2.05) is 25.1 Å². The first-order chi connectivity index (χ1) is 13.0. The van der Waals surface area contributed by atoms with E-state index in [9.17, 15) is 14.9 Å². The van der Waals surface area contributed by atoms with Crippen LogP contribution in [0.25, 0.3) is 0 Å². The Balaban J connectivity index is 1.73. The molecule has 1 atom stereocenters. The van der Waals surface area contributed by atoms with Crippen molar-refractivity contribution in [2.24, 2.45) is 0 Å². The minimum absolute atomic E-state index is 0.0267. The second-order valence-corrected chi connectivity index (χ2v) is 7.49. The van der Waals surface area contributed by atoms with Crippen molar-refractivity contribution < 1.29 is 9.72 Å². The van der Waals surface area contributed by atoms with Gasteiger partial charge in [0, 0.05) is 42.3 Å². The van der Waals surface area contributed by atoms with Crippen molar-refractivity contribution in [1.82, 2.24) is 5.32 Å². The Morgan fingerprint density at radius 1 is 1.19 bits per heavy atom. The van der Waals surface area contributed by atoms with Crippen LogP contribution in [0, 0.1) is 10.1 Å². The second kappa shape index (κ2) is 10.6. The second-order valence-electron chi connectivity index (χ2n) is 6.07. The summed E-state index contributed by atoms with van der Waals surface area (Å²) in [7, 11) is 0. The Morgan fingerprint density at radius 3 is 2.44 bits per heavy atom. The molecule has 0 fully saturated rings. The van der Waals surface area contributed by atoms with Gasteiger partial charge in [-0.15, -0.1) is 11.8 Å². The largest absolute Gasteiger partial charge is 0.372 e. The van der Waals surface area contributed by atoms with Crippen LogP contribution in [0.1, 0.15) is 20.3 Å². The highest BCUT2D eigenvalue weighted by atomic mass is 32.2. The summed E-state index contributed by atoms with van der Waals surface area (Å²) in [5, 5.41) is 13.4. The molecule has 0 aliphatic rings. The molecule has 1 N–H and O–H groups in total. The van der Waals surface area contributed by atoms with Crippen molar-refractivity contribution in [3.05, 3.63) is 64.7 Å². The van der Waals surface area contributed by atoms with E-state index in [4.69, 9.17) is 0 Å². The Bertz CT molecular complexity index is 738. The van der Waals surface area contributed by atoms with Crippen molar-refractivity contribution in [3.8, 4) is 0 Å². The van der Waals surface area contributed by atoms with Gasteiger partial charge in [-0.3, -0.25) is 14.9 Å².